The summed E-state index contributed by atoms with van der Waals surface area (Å²) in [4.78, 5) is 13.7. The summed E-state index contributed by atoms with van der Waals surface area (Å²) in [5, 5.41) is 12.8. The zero-order chi connectivity index (χ0) is 24.6. The van der Waals surface area contributed by atoms with Crippen molar-refractivity contribution in [2.45, 2.75) is 19.9 Å². The third-order valence-corrected chi connectivity index (χ3v) is 7.31. The number of hydrogen-bond donors (Lipinski definition) is 1. The molecule has 6 nitrogen and oxygen atoms in total. The molecule has 0 saturated carbocycles. The second-order valence-electron chi connectivity index (χ2n) is 8.42. The summed E-state index contributed by atoms with van der Waals surface area (Å²) in [5.74, 6) is -0.422. The Morgan fingerprint density at radius 2 is 1.91 bits per heavy atom. The number of halogens is 2. The average molecular weight is 494 g/mol. The highest BCUT2D eigenvalue weighted by atomic mass is 35.5. The van der Waals surface area contributed by atoms with Gasteiger partial charge in [-0.15, -0.1) is 0 Å². The van der Waals surface area contributed by atoms with Gasteiger partial charge in [-0.2, -0.15) is 5.26 Å². The first-order valence-corrected chi connectivity index (χ1v) is 13.5. The number of fused-ring (bicyclic) bond motifs is 1. The molecule has 0 aliphatic heterocycles. The van der Waals surface area contributed by atoms with Gasteiger partial charge < -0.3 is 9.88 Å². The van der Waals surface area contributed by atoms with Crippen LogP contribution in [-0.4, -0.2) is 28.3 Å². The van der Waals surface area contributed by atoms with E-state index in [0.29, 0.717) is 49.7 Å². The van der Waals surface area contributed by atoms with Crippen LogP contribution in [-0.2, 0) is 4.57 Å². The molecule has 172 valence electrons. The first kappa shape index (κ1) is 23.8. The fourth-order valence-electron chi connectivity index (χ4n) is 3.63. The van der Waals surface area contributed by atoms with Crippen LogP contribution in [0.3, 0.4) is 0 Å². The fourth-order valence-corrected chi connectivity index (χ4v) is 4.58. The van der Waals surface area contributed by atoms with Crippen LogP contribution >= 0.6 is 18.7 Å². The van der Waals surface area contributed by atoms with Gasteiger partial charge in [-0.05, 0) is 69.6 Å². The molecule has 1 N–H and O–H groups in total. The molecule has 4 rings (SSSR count). The van der Waals surface area contributed by atoms with Gasteiger partial charge in [0.05, 0.1) is 50.7 Å². The molecule has 1 atom stereocenters. The van der Waals surface area contributed by atoms with Gasteiger partial charge in [-0.25, -0.2) is 14.4 Å². The number of aryl methyl sites for hydroxylation is 1. The monoisotopic (exact) mass is 493 g/mol. The van der Waals surface area contributed by atoms with Crippen molar-refractivity contribution in [1.82, 2.24) is 15.0 Å². The van der Waals surface area contributed by atoms with E-state index in [1.54, 1.807) is 39.4 Å². The summed E-state index contributed by atoms with van der Waals surface area (Å²) in [6.45, 7) is 6.93. The summed E-state index contributed by atoms with van der Waals surface area (Å²) in [6, 6.07) is 13.0. The second kappa shape index (κ2) is 9.13. The van der Waals surface area contributed by atoms with Crippen LogP contribution in [0.4, 0.5) is 10.1 Å². The highest BCUT2D eigenvalue weighted by molar-refractivity contribution is 7.69. The standard InChI is InChI=1S/C25H22ClFN5OP/c1-14(18-11-16(12-28)5-7-19(18)27)31-25-23(26)15(2)30-21-9-8-20(32-24(21)25)17-6-10-22(29-13-17)34(3,4)33/h5-11,13-14H,1-4H3,(H,30,31). The molecule has 0 fully saturated rings. The van der Waals surface area contributed by atoms with Crippen molar-refractivity contribution < 1.29 is 8.96 Å². The van der Waals surface area contributed by atoms with E-state index < -0.39 is 19.0 Å². The Labute approximate surface area is 202 Å². The Morgan fingerprint density at radius 1 is 1.15 bits per heavy atom. The van der Waals surface area contributed by atoms with Gasteiger partial charge in [-0.3, -0.25) is 4.98 Å². The van der Waals surface area contributed by atoms with Crippen molar-refractivity contribution in [3.8, 4) is 17.3 Å². The Bertz CT molecular complexity index is 1490. The molecule has 1 aromatic carbocycles. The van der Waals surface area contributed by atoms with Crippen LogP contribution in [0.1, 0.15) is 29.8 Å². The topological polar surface area (TPSA) is 91.6 Å². The highest BCUT2D eigenvalue weighted by Crippen LogP contribution is 2.36. The van der Waals surface area contributed by atoms with Crippen molar-refractivity contribution in [1.29, 1.82) is 5.26 Å². The molecule has 1 unspecified atom stereocenters. The SMILES string of the molecule is Cc1nc2ccc(-c3ccc(P(C)(C)=O)nc3)nc2c(NC(C)c2cc(C#N)ccc2F)c1Cl. The number of pyridine rings is 3. The molecule has 3 heterocycles. The Morgan fingerprint density at radius 3 is 2.56 bits per heavy atom. The van der Waals surface area contributed by atoms with E-state index in [1.165, 1.54) is 18.2 Å². The van der Waals surface area contributed by atoms with Crippen LogP contribution in [0, 0.1) is 24.1 Å². The number of hydrogen-bond acceptors (Lipinski definition) is 6. The largest absolute Gasteiger partial charge is 0.375 e. The van der Waals surface area contributed by atoms with Gasteiger partial charge in [0.1, 0.15) is 18.5 Å². The van der Waals surface area contributed by atoms with E-state index in [2.05, 4.69) is 15.3 Å². The molecular weight excluding hydrogens is 472 g/mol. The summed E-state index contributed by atoms with van der Waals surface area (Å²) in [6.07, 6.45) is 1.64. The molecule has 0 radical (unpaired) electrons. The van der Waals surface area contributed by atoms with Gasteiger partial charge in [0.25, 0.3) is 0 Å². The van der Waals surface area contributed by atoms with Crippen LogP contribution < -0.4 is 10.8 Å². The smallest absolute Gasteiger partial charge is 0.128 e. The Kier molecular flexibility index (Phi) is 6.40. The van der Waals surface area contributed by atoms with Crippen molar-refractivity contribution in [2.75, 3.05) is 18.6 Å². The molecule has 0 spiro atoms. The molecular formula is C25H22ClFN5OP. The fraction of sp³-hybridized carbons (Fsp3) is 0.200. The van der Waals surface area contributed by atoms with Gasteiger partial charge >= 0.3 is 0 Å². The van der Waals surface area contributed by atoms with Crippen LogP contribution in [0.5, 0.6) is 0 Å². The van der Waals surface area contributed by atoms with E-state index >= 15 is 0 Å². The maximum Gasteiger partial charge on any atom is 0.128 e. The molecule has 4 aromatic rings. The predicted octanol–water partition coefficient (Wildman–Crippen LogP) is 6.09. The molecule has 0 aliphatic carbocycles. The van der Waals surface area contributed by atoms with E-state index in [4.69, 9.17) is 16.6 Å². The lowest BCUT2D eigenvalue weighted by Crippen LogP contribution is -2.11. The zero-order valence-electron chi connectivity index (χ0n) is 19.1. The van der Waals surface area contributed by atoms with Gasteiger partial charge in [0.2, 0.25) is 0 Å². The first-order chi connectivity index (χ1) is 16.1. The molecule has 9 heteroatoms. The van der Waals surface area contributed by atoms with Gasteiger partial charge in [0.15, 0.2) is 0 Å². The summed E-state index contributed by atoms with van der Waals surface area (Å²) < 4.78 is 26.8. The lowest BCUT2D eigenvalue weighted by molar-refractivity contribution is 0.587. The lowest BCUT2D eigenvalue weighted by Gasteiger charge is -2.20. The Balaban J connectivity index is 1.79. The second-order valence-corrected chi connectivity index (χ2v) is 12.0. The number of nitrogens with zero attached hydrogens (tertiary/aromatic N) is 4. The number of nitrogens with one attached hydrogen (secondary N) is 1. The minimum atomic E-state index is -2.46. The van der Waals surface area contributed by atoms with Gasteiger partial charge in [-0.1, -0.05) is 11.6 Å². The van der Waals surface area contributed by atoms with Crippen LogP contribution in [0.2, 0.25) is 5.02 Å². The van der Waals surface area contributed by atoms with Crippen molar-refractivity contribution in [2.24, 2.45) is 0 Å². The van der Waals surface area contributed by atoms with E-state index in [9.17, 15) is 14.2 Å². The quantitative estimate of drug-likeness (QED) is 0.338. The Hall–Kier alpha value is -3.33. The predicted molar refractivity (Wildman–Crippen MR) is 135 cm³/mol. The highest BCUT2D eigenvalue weighted by Gasteiger charge is 2.19. The number of rotatable bonds is 5. The van der Waals surface area contributed by atoms with Crippen LogP contribution in [0.15, 0.2) is 48.7 Å². The zero-order valence-corrected chi connectivity index (χ0v) is 20.7. The minimum absolute atomic E-state index is 0.345. The minimum Gasteiger partial charge on any atom is -0.375 e. The first-order valence-electron chi connectivity index (χ1n) is 10.5. The summed E-state index contributed by atoms with van der Waals surface area (Å²) in [5.41, 5.74) is 4.94. The number of anilines is 1. The average Bonchev–Trinajstić information content (AvgIpc) is 2.81. The third kappa shape index (κ3) is 4.65. The molecule has 34 heavy (non-hydrogen) atoms. The molecule has 0 bridgehead atoms. The van der Waals surface area contributed by atoms with Crippen molar-refractivity contribution >= 4 is 40.9 Å². The van der Waals surface area contributed by atoms with Gasteiger partial charge in [0, 0.05) is 17.3 Å². The number of benzene rings is 1. The summed E-state index contributed by atoms with van der Waals surface area (Å²) >= 11 is 6.62. The van der Waals surface area contributed by atoms with E-state index in [1.807, 2.05) is 24.3 Å². The van der Waals surface area contributed by atoms with E-state index in [-0.39, 0.29) is 0 Å². The lowest BCUT2D eigenvalue weighted by atomic mass is 10.0. The van der Waals surface area contributed by atoms with Crippen molar-refractivity contribution in [3.05, 3.63) is 76.3 Å². The summed E-state index contributed by atoms with van der Waals surface area (Å²) in [7, 11) is -2.46. The molecule has 0 saturated heterocycles. The normalized spacial score (nSPS) is 12.4. The van der Waals surface area contributed by atoms with Crippen LogP contribution in [0.25, 0.3) is 22.3 Å². The number of aromatic nitrogens is 3. The van der Waals surface area contributed by atoms with E-state index in [0.717, 1.165) is 5.56 Å². The maximum absolute atomic E-state index is 14.5. The number of nitriles is 1. The third-order valence-electron chi connectivity index (χ3n) is 5.48. The maximum atomic E-state index is 14.5. The molecule has 0 aliphatic rings. The van der Waals surface area contributed by atoms with Crippen molar-refractivity contribution in [3.63, 3.8) is 0 Å². The molecule has 0 amide bonds. The molecule has 3 aromatic heterocycles.